The molecule has 1 unspecified atom stereocenters. The first-order valence-corrected chi connectivity index (χ1v) is 8.84. The van der Waals surface area contributed by atoms with Crippen molar-refractivity contribution in [2.24, 2.45) is 5.92 Å². The monoisotopic (exact) mass is 404 g/mol. The first-order chi connectivity index (χ1) is 10.6. The van der Waals surface area contributed by atoms with Crippen molar-refractivity contribution < 1.29 is 9.53 Å². The molecule has 0 saturated heterocycles. The van der Waals surface area contributed by atoms with E-state index >= 15 is 0 Å². The number of rotatable bonds is 6. The summed E-state index contributed by atoms with van der Waals surface area (Å²) < 4.78 is 6.35. The fraction of sp³-hybridized carbons (Fsp3) is 0.588. The van der Waals surface area contributed by atoms with Crippen LogP contribution in [0.3, 0.4) is 0 Å². The van der Waals surface area contributed by atoms with Crippen LogP contribution in [0.15, 0.2) is 22.7 Å². The van der Waals surface area contributed by atoms with Gasteiger partial charge >= 0.3 is 6.09 Å². The van der Waals surface area contributed by atoms with E-state index in [1.807, 2.05) is 39.0 Å². The van der Waals surface area contributed by atoms with Crippen molar-refractivity contribution in [3.63, 3.8) is 0 Å². The van der Waals surface area contributed by atoms with Gasteiger partial charge in [-0.05, 0) is 50.9 Å². The molecule has 0 spiro atoms. The Labute approximate surface area is 152 Å². The molecule has 1 amide bonds. The van der Waals surface area contributed by atoms with Crippen LogP contribution in [0.5, 0.6) is 0 Å². The normalized spacial score (nSPS) is 12.8. The molecule has 6 heteroatoms. The van der Waals surface area contributed by atoms with Crippen molar-refractivity contribution in [2.45, 2.75) is 39.8 Å². The number of hydrogen-bond donors (Lipinski definition) is 1. The van der Waals surface area contributed by atoms with Crippen molar-refractivity contribution in [1.82, 2.24) is 10.2 Å². The second-order valence-corrected chi connectivity index (χ2v) is 8.12. The summed E-state index contributed by atoms with van der Waals surface area (Å²) in [4.78, 5) is 13.6. The van der Waals surface area contributed by atoms with Crippen molar-refractivity contribution in [3.8, 4) is 0 Å². The molecular weight excluding hydrogens is 380 g/mol. The van der Waals surface area contributed by atoms with Gasteiger partial charge in [-0.1, -0.05) is 40.5 Å². The summed E-state index contributed by atoms with van der Waals surface area (Å²) in [5, 5.41) is 4.12. The first kappa shape index (κ1) is 20.3. The zero-order chi connectivity index (χ0) is 17.6. The van der Waals surface area contributed by atoms with E-state index in [-0.39, 0.29) is 6.09 Å². The summed E-state index contributed by atoms with van der Waals surface area (Å²) in [6.07, 6.45) is -0.287. The largest absolute Gasteiger partial charge is 0.444 e. The third kappa shape index (κ3) is 8.04. The van der Waals surface area contributed by atoms with Crippen molar-refractivity contribution >= 4 is 33.6 Å². The molecule has 1 aromatic rings. The molecule has 1 rings (SSSR count). The van der Waals surface area contributed by atoms with Gasteiger partial charge in [0.15, 0.2) is 0 Å². The van der Waals surface area contributed by atoms with Gasteiger partial charge in [-0.3, -0.25) is 0 Å². The van der Waals surface area contributed by atoms with Crippen LogP contribution in [0.25, 0.3) is 0 Å². The molecule has 0 fully saturated rings. The number of amides is 1. The number of hydrogen-bond acceptors (Lipinski definition) is 3. The average Bonchev–Trinajstić information content (AvgIpc) is 2.39. The minimum Gasteiger partial charge on any atom is -0.444 e. The second kappa shape index (κ2) is 8.90. The van der Waals surface area contributed by atoms with Gasteiger partial charge in [0.25, 0.3) is 0 Å². The fourth-order valence-corrected chi connectivity index (χ4v) is 2.89. The number of halogens is 2. The van der Waals surface area contributed by atoms with Crippen LogP contribution < -0.4 is 5.32 Å². The minimum absolute atomic E-state index is 0.287. The lowest BCUT2D eigenvalue weighted by Crippen LogP contribution is -2.38. The zero-order valence-electron chi connectivity index (χ0n) is 14.5. The lowest BCUT2D eigenvalue weighted by molar-refractivity contribution is 0.0277. The first-order valence-electron chi connectivity index (χ1n) is 7.67. The maximum atomic E-state index is 11.9. The van der Waals surface area contributed by atoms with Gasteiger partial charge in [0.05, 0.1) is 0 Å². The smallest absolute Gasteiger partial charge is 0.410 e. The van der Waals surface area contributed by atoms with E-state index in [4.69, 9.17) is 16.3 Å². The van der Waals surface area contributed by atoms with Crippen molar-refractivity contribution in [1.29, 1.82) is 0 Å². The highest BCUT2D eigenvalue weighted by atomic mass is 79.9. The molecule has 130 valence electrons. The topological polar surface area (TPSA) is 41.6 Å². The molecular formula is C17H26BrClN2O2. The molecule has 0 saturated carbocycles. The number of nitrogens with one attached hydrogen (secondary N) is 1. The van der Waals surface area contributed by atoms with Gasteiger partial charge in [-0.2, -0.15) is 0 Å². The highest BCUT2D eigenvalue weighted by Crippen LogP contribution is 2.21. The highest BCUT2D eigenvalue weighted by Gasteiger charge is 2.20. The Hall–Kier alpha value is -0.780. The van der Waals surface area contributed by atoms with E-state index in [0.717, 1.165) is 23.1 Å². The Morgan fingerprint density at radius 1 is 1.43 bits per heavy atom. The number of ether oxygens (including phenoxy) is 1. The Morgan fingerprint density at radius 3 is 2.65 bits per heavy atom. The Kier molecular flexibility index (Phi) is 7.84. The van der Waals surface area contributed by atoms with Crippen molar-refractivity contribution in [3.05, 3.63) is 33.3 Å². The standard InChI is InChI=1S/C17H26BrClN2O2/c1-12(11-21(5)16(22)23-17(2,3)4)9-20-10-13-6-7-14(19)8-15(13)18/h6-8,12,20H,9-11H2,1-5H3. The molecule has 0 radical (unpaired) electrons. The summed E-state index contributed by atoms with van der Waals surface area (Å²) in [7, 11) is 1.76. The van der Waals surface area contributed by atoms with Crippen LogP contribution in [0.2, 0.25) is 5.02 Å². The molecule has 0 bridgehead atoms. The maximum Gasteiger partial charge on any atom is 0.410 e. The summed E-state index contributed by atoms with van der Waals surface area (Å²) in [5.74, 6) is 0.318. The van der Waals surface area contributed by atoms with E-state index in [2.05, 4.69) is 28.2 Å². The van der Waals surface area contributed by atoms with Crippen molar-refractivity contribution in [2.75, 3.05) is 20.1 Å². The number of carbonyl (C=O) groups excluding carboxylic acids is 1. The molecule has 4 nitrogen and oxygen atoms in total. The van der Waals surface area contributed by atoms with Gasteiger partial charge < -0.3 is 15.0 Å². The summed E-state index contributed by atoms with van der Waals surface area (Å²) >= 11 is 9.44. The molecule has 0 aromatic heterocycles. The van der Waals surface area contributed by atoms with Crippen LogP contribution >= 0.6 is 27.5 Å². The molecule has 1 N–H and O–H groups in total. The van der Waals surface area contributed by atoms with E-state index in [0.29, 0.717) is 17.5 Å². The fourth-order valence-electron chi connectivity index (χ4n) is 2.06. The summed E-state index contributed by atoms with van der Waals surface area (Å²) in [6, 6.07) is 5.76. The van der Waals surface area contributed by atoms with Gasteiger partial charge in [-0.25, -0.2) is 4.79 Å². The predicted octanol–water partition coefficient (Wildman–Crippen LogP) is 4.70. The highest BCUT2D eigenvalue weighted by molar-refractivity contribution is 9.10. The van der Waals surface area contributed by atoms with Crippen LogP contribution in [0, 0.1) is 5.92 Å². The molecule has 0 aliphatic carbocycles. The molecule has 1 atom stereocenters. The molecule has 0 aliphatic heterocycles. The van der Waals surface area contributed by atoms with Crippen LogP contribution in [0.1, 0.15) is 33.3 Å². The Balaban J connectivity index is 2.36. The minimum atomic E-state index is -0.465. The lowest BCUT2D eigenvalue weighted by Gasteiger charge is -2.26. The van der Waals surface area contributed by atoms with E-state index < -0.39 is 5.60 Å². The number of carbonyl (C=O) groups is 1. The SMILES string of the molecule is CC(CNCc1ccc(Cl)cc1Br)CN(C)C(=O)OC(C)(C)C. The Bertz CT molecular complexity index is 532. The van der Waals surface area contributed by atoms with Gasteiger partial charge in [-0.15, -0.1) is 0 Å². The molecule has 1 aromatic carbocycles. The molecule has 23 heavy (non-hydrogen) atoms. The number of nitrogens with zero attached hydrogens (tertiary/aromatic N) is 1. The third-order valence-corrected chi connectivity index (χ3v) is 4.09. The van der Waals surface area contributed by atoms with E-state index in [9.17, 15) is 4.79 Å². The zero-order valence-corrected chi connectivity index (χ0v) is 16.8. The van der Waals surface area contributed by atoms with Gasteiger partial charge in [0.1, 0.15) is 5.60 Å². The second-order valence-electron chi connectivity index (χ2n) is 6.83. The van der Waals surface area contributed by atoms with Crippen LogP contribution in [-0.2, 0) is 11.3 Å². The summed E-state index contributed by atoms with van der Waals surface area (Å²) in [5.41, 5.74) is 0.690. The van der Waals surface area contributed by atoms with Gasteiger partial charge in [0.2, 0.25) is 0 Å². The van der Waals surface area contributed by atoms with Gasteiger partial charge in [0, 0.05) is 29.6 Å². The third-order valence-electron chi connectivity index (χ3n) is 3.11. The van der Waals surface area contributed by atoms with Crippen LogP contribution in [-0.4, -0.2) is 36.7 Å². The van der Waals surface area contributed by atoms with E-state index in [1.165, 1.54) is 0 Å². The predicted molar refractivity (Wildman–Crippen MR) is 98.9 cm³/mol. The summed E-state index contributed by atoms with van der Waals surface area (Å²) in [6.45, 7) is 9.91. The molecule has 0 aliphatic rings. The molecule has 0 heterocycles. The van der Waals surface area contributed by atoms with Crippen LogP contribution in [0.4, 0.5) is 4.79 Å². The quantitative estimate of drug-likeness (QED) is 0.746. The Morgan fingerprint density at radius 2 is 2.09 bits per heavy atom. The number of benzene rings is 1. The lowest BCUT2D eigenvalue weighted by atomic mass is 10.1. The maximum absolute atomic E-state index is 11.9. The average molecular weight is 406 g/mol. The van der Waals surface area contributed by atoms with E-state index in [1.54, 1.807) is 11.9 Å².